The van der Waals surface area contributed by atoms with Crippen LogP contribution in [0.2, 0.25) is 0 Å². The first-order valence-corrected chi connectivity index (χ1v) is 9.67. The van der Waals surface area contributed by atoms with Gasteiger partial charge in [0.2, 0.25) is 5.91 Å². The normalized spacial score (nSPS) is 11.2. The van der Waals surface area contributed by atoms with Crippen molar-refractivity contribution in [1.29, 1.82) is 0 Å². The number of rotatable bonds is 8. The van der Waals surface area contributed by atoms with E-state index in [0.717, 1.165) is 30.3 Å². The van der Waals surface area contributed by atoms with Gasteiger partial charge in [-0.25, -0.2) is 4.98 Å². The number of aryl methyl sites for hydroxylation is 1. The Hall–Kier alpha value is -1.69. The Morgan fingerprint density at radius 2 is 2.08 bits per heavy atom. The maximum atomic E-state index is 12.6. The molecule has 0 aliphatic carbocycles. The molecule has 5 nitrogen and oxygen atoms in total. The van der Waals surface area contributed by atoms with Crippen LogP contribution in [0.4, 0.5) is 0 Å². The summed E-state index contributed by atoms with van der Waals surface area (Å²) in [5.74, 6) is 0.0901. The fourth-order valence-electron chi connectivity index (χ4n) is 2.85. The lowest BCUT2D eigenvalue weighted by atomic mass is 10.2. The topological polar surface area (TPSA) is 55.2 Å². The zero-order chi connectivity index (χ0) is 18.4. The zero-order valence-electron chi connectivity index (χ0n) is 15.2. The molecule has 1 heterocycles. The molecular formula is C19H26BrN3O2. The molecule has 0 unspecified atom stereocenters. The minimum absolute atomic E-state index is 0.0901. The second kappa shape index (κ2) is 9.13. The molecule has 1 aromatic heterocycles. The summed E-state index contributed by atoms with van der Waals surface area (Å²) in [5.41, 5.74) is 0.556. The molecule has 1 amide bonds. The first-order chi connectivity index (χ1) is 11.9. The van der Waals surface area contributed by atoms with Gasteiger partial charge in [0.05, 0.1) is 17.2 Å². The average Bonchev–Trinajstić information content (AvgIpc) is 2.58. The van der Waals surface area contributed by atoms with E-state index in [1.165, 1.54) is 10.9 Å². The van der Waals surface area contributed by atoms with Gasteiger partial charge in [0, 0.05) is 30.0 Å². The predicted octanol–water partition coefficient (Wildman–Crippen LogP) is 3.98. The number of amides is 1. The predicted molar refractivity (Wildman–Crippen MR) is 105 cm³/mol. The molecule has 0 saturated heterocycles. The van der Waals surface area contributed by atoms with Gasteiger partial charge in [0.1, 0.15) is 0 Å². The monoisotopic (exact) mass is 407 g/mol. The van der Waals surface area contributed by atoms with Crippen molar-refractivity contribution in [1.82, 2.24) is 14.5 Å². The van der Waals surface area contributed by atoms with Crippen molar-refractivity contribution in [2.75, 3.05) is 6.54 Å². The minimum atomic E-state index is -0.110. The highest BCUT2D eigenvalue weighted by Gasteiger charge is 2.16. The molecule has 0 atom stereocenters. The number of halogens is 1. The van der Waals surface area contributed by atoms with E-state index >= 15 is 0 Å². The van der Waals surface area contributed by atoms with Crippen molar-refractivity contribution in [3.8, 4) is 0 Å². The average molecular weight is 408 g/mol. The molecule has 25 heavy (non-hydrogen) atoms. The fraction of sp³-hybridized carbons (Fsp3) is 0.526. The lowest BCUT2D eigenvalue weighted by Gasteiger charge is -2.27. The Morgan fingerprint density at radius 3 is 2.76 bits per heavy atom. The van der Waals surface area contributed by atoms with Crippen LogP contribution < -0.4 is 5.56 Å². The molecule has 2 aromatic rings. The van der Waals surface area contributed by atoms with Crippen LogP contribution in [0.25, 0.3) is 10.9 Å². The summed E-state index contributed by atoms with van der Waals surface area (Å²) in [6, 6.07) is 5.62. The summed E-state index contributed by atoms with van der Waals surface area (Å²) in [6.45, 7) is 7.35. The SMILES string of the molecule is CCCCCN(C(=O)CCn1cnc2ccc(Br)cc2c1=O)C(C)C. The summed E-state index contributed by atoms with van der Waals surface area (Å²) in [6.07, 6.45) is 5.12. The van der Waals surface area contributed by atoms with E-state index in [1.54, 1.807) is 6.07 Å². The van der Waals surface area contributed by atoms with Gasteiger partial charge in [-0.1, -0.05) is 35.7 Å². The number of nitrogens with zero attached hydrogens (tertiary/aromatic N) is 3. The lowest BCUT2D eigenvalue weighted by Crippen LogP contribution is -2.38. The van der Waals surface area contributed by atoms with Crippen LogP contribution in [0.1, 0.15) is 46.5 Å². The summed E-state index contributed by atoms with van der Waals surface area (Å²) in [5, 5.41) is 0.563. The molecule has 2 rings (SSSR count). The van der Waals surface area contributed by atoms with Crippen molar-refractivity contribution in [2.45, 2.75) is 59.0 Å². The quantitative estimate of drug-likeness (QED) is 0.621. The molecule has 1 aromatic carbocycles. The van der Waals surface area contributed by atoms with Gasteiger partial charge in [0.25, 0.3) is 5.56 Å². The molecule has 6 heteroatoms. The van der Waals surface area contributed by atoms with Crippen LogP contribution in [0.15, 0.2) is 33.8 Å². The highest BCUT2D eigenvalue weighted by Crippen LogP contribution is 2.15. The number of carbonyl (C=O) groups excluding carboxylic acids is 1. The molecule has 0 fully saturated rings. The molecule has 0 aliphatic rings. The summed E-state index contributed by atoms with van der Waals surface area (Å²) in [4.78, 5) is 31.4. The first kappa shape index (κ1) is 19.6. The van der Waals surface area contributed by atoms with Gasteiger partial charge >= 0.3 is 0 Å². The molecule has 136 valence electrons. The summed E-state index contributed by atoms with van der Waals surface area (Å²) in [7, 11) is 0. The second-order valence-corrected chi connectivity index (χ2v) is 7.46. The van der Waals surface area contributed by atoms with Crippen LogP contribution in [-0.2, 0) is 11.3 Å². The number of hydrogen-bond donors (Lipinski definition) is 0. The largest absolute Gasteiger partial charge is 0.340 e. The van der Waals surface area contributed by atoms with E-state index in [1.807, 2.05) is 30.9 Å². The van der Waals surface area contributed by atoms with E-state index in [-0.39, 0.29) is 17.5 Å². The van der Waals surface area contributed by atoms with Crippen LogP contribution >= 0.6 is 15.9 Å². The molecule has 0 saturated carbocycles. The van der Waals surface area contributed by atoms with Gasteiger partial charge in [-0.2, -0.15) is 0 Å². The third-order valence-corrected chi connectivity index (χ3v) is 4.79. The third kappa shape index (κ3) is 5.14. The standard InChI is InChI=1S/C19H26BrN3O2/c1-4-5-6-10-23(14(2)3)18(24)9-11-22-13-21-17-8-7-15(20)12-16(17)19(22)25/h7-8,12-14H,4-6,9-11H2,1-3H3. The van der Waals surface area contributed by atoms with E-state index in [9.17, 15) is 9.59 Å². The number of fused-ring (bicyclic) bond motifs is 1. The van der Waals surface area contributed by atoms with Crippen LogP contribution in [-0.4, -0.2) is 32.9 Å². The summed E-state index contributed by atoms with van der Waals surface area (Å²) >= 11 is 3.38. The molecule has 0 aliphatic heterocycles. The maximum absolute atomic E-state index is 12.6. The van der Waals surface area contributed by atoms with Gasteiger partial charge < -0.3 is 4.90 Å². The van der Waals surface area contributed by atoms with Gasteiger partial charge in [-0.15, -0.1) is 0 Å². The van der Waals surface area contributed by atoms with Crippen molar-refractivity contribution < 1.29 is 4.79 Å². The van der Waals surface area contributed by atoms with Crippen molar-refractivity contribution >= 4 is 32.7 Å². The van der Waals surface area contributed by atoms with Gasteiger partial charge in [-0.05, 0) is 38.5 Å². The van der Waals surface area contributed by atoms with Gasteiger partial charge in [0.15, 0.2) is 0 Å². The third-order valence-electron chi connectivity index (χ3n) is 4.30. The number of unbranched alkanes of at least 4 members (excludes halogenated alkanes) is 2. The zero-order valence-corrected chi connectivity index (χ0v) is 16.8. The van der Waals surface area contributed by atoms with E-state index in [2.05, 4.69) is 27.8 Å². The van der Waals surface area contributed by atoms with E-state index in [0.29, 0.717) is 23.9 Å². The van der Waals surface area contributed by atoms with Crippen molar-refractivity contribution in [3.05, 3.63) is 39.4 Å². The first-order valence-electron chi connectivity index (χ1n) is 8.88. The van der Waals surface area contributed by atoms with Crippen LogP contribution in [0.3, 0.4) is 0 Å². The Bertz CT molecular complexity index is 786. The van der Waals surface area contributed by atoms with Crippen LogP contribution in [0, 0.1) is 0 Å². The molecule has 0 bridgehead atoms. The Balaban J connectivity index is 2.09. The Kier molecular flexibility index (Phi) is 7.17. The fourth-order valence-corrected chi connectivity index (χ4v) is 3.21. The van der Waals surface area contributed by atoms with Crippen molar-refractivity contribution in [2.24, 2.45) is 0 Å². The number of benzene rings is 1. The lowest BCUT2D eigenvalue weighted by molar-refractivity contribution is -0.133. The Labute approximate surface area is 157 Å². The number of carbonyl (C=O) groups is 1. The highest BCUT2D eigenvalue weighted by molar-refractivity contribution is 9.10. The van der Waals surface area contributed by atoms with Crippen molar-refractivity contribution in [3.63, 3.8) is 0 Å². The van der Waals surface area contributed by atoms with Gasteiger partial charge in [-0.3, -0.25) is 14.2 Å². The maximum Gasteiger partial charge on any atom is 0.261 e. The highest BCUT2D eigenvalue weighted by atomic mass is 79.9. The molecule has 0 spiro atoms. The number of hydrogen-bond acceptors (Lipinski definition) is 3. The molecule has 0 N–H and O–H groups in total. The summed E-state index contributed by atoms with van der Waals surface area (Å²) < 4.78 is 2.37. The smallest absolute Gasteiger partial charge is 0.261 e. The Morgan fingerprint density at radius 1 is 1.32 bits per heavy atom. The number of aromatic nitrogens is 2. The van der Waals surface area contributed by atoms with Crippen LogP contribution in [0.5, 0.6) is 0 Å². The molecular weight excluding hydrogens is 382 g/mol. The molecule has 0 radical (unpaired) electrons. The second-order valence-electron chi connectivity index (χ2n) is 6.54. The van der Waals surface area contributed by atoms with E-state index in [4.69, 9.17) is 0 Å². The van der Waals surface area contributed by atoms with E-state index < -0.39 is 0 Å². The minimum Gasteiger partial charge on any atom is -0.340 e.